The van der Waals surface area contributed by atoms with E-state index >= 15 is 0 Å². The van der Waals surface area contributed by atoms with Gasteiger partial charge in [0.15, 0.2) is 0 Å². The van der Waals surface area contributed by atoms with E-state index in [0.29, 0.717) is 17.3 Å². The van der Waals surface area contributed by atoms with E-state index in [9.17, 15) is 9.59 Å². The summed E-state index contributed by atoms with van der Waals surface area (Å²) < 4.78 is 5.28. The van der Waals surface area contributed by atoms with Gasteiger partial charge in [0.25, 0.3) is 0 Å². The number of hydrogen-bond donors (Lipinski definition) is 2. The van der Waals surface area contributed by atoms with Gasteiger partial charge in [-0.3, -0.25) is 9.69 Å². The van der Waals surface area contributed by atoms with Crippen LogP contribution in [0.15, 0.2) is 18.2 Å². The van der Waals surface area contributed by atoms with E-state index in [4.69, 9.17) is 16.3 Å². The van der Waals surface area contributed by atoms with E-state index in [0.717, 1.165) is 31.5 Å². The summed E-state index contributed by atoms with van der Waals surface area (Å²) in [5, 5.41) is 6.29. The summed E-state index contributed by atoms with van der Waals surface area (Å²) in [6.07, 6.45) is 1.19. The number of piperidine rings is 1. The number of rotatable bonds is 4. The minimum Gasteiger partial charge on any atom is -0.444 e. The van der Waals surface area contributed by atoms with Gasteiger partial charge in [0.1, 0.15) is 5.60 Å². The molecule has 2 N–H and O–H groups in total. The molecular formula is C19H28ClN3O3. The number of hydrogen-bond acceptors (Lipinski definition) is 4. The second-order valence-electron chi connectivity index (χ2n) is 7.73. The van der Waals surface area contributed by atoms with Gasteiger partial charge in [-0.05, 0) is 58.2 Å². The molecule has 1 aliphatic heterocycles. The Bertz CT molecular complexity index is 650. The highest BCUT2D eigenvalue weighted by Crippen LogP contribution is 2.22. The molecule has 0 unspecified atom stereocenters. The van der Waals surface area contributed by atoms with Crippen LogP contribution in [0.5, 0.6) is 0 Å². The third kappa shape index (κ3) is 6.84. The van der Waals surface area contributed by atoms with E-state index in [2.05, 4.69) is 15.5 Å². The summed E-state index contributed by atoms with van der Waals surface area (Å²) in [5.74, 6) is -0.0886. The molecule has 1 saturated heterocycles. The van der Waals surface area contributed by atoms with Crippen LogP contribution in [0.4, 0.5) is 10.5 Å². The molecule has 0 aliphatic carbocycles. The largest absolute Gasteiger partial charge is 0.444 e. The third-order valence-electron chi connectivity index (χ3n) is 4.07. The summed E-state index contributed by atoms with van der Waals surface area (Å²) in [5.41, 5.74) is 1.18. The molecule has 6 nitrogen and oxygen atoms in total. The summed E-state index contributed by atoms with van der Waals surface area (Å²) in [7, 11) is 0. The second-order valence-corrected chi connectivity index (χ2v) is 8.14. The van der Waals surface area contributed by atoms with Crippen molar-refractivity contribution in [2.75, 3.05) is 25.0 Å². The molecule has 1 heterocycles. The van der Waals surface area contributed by atoms with E-state index in [-0.39, 0.29) is 18.0 Å². The molecule has 2 rings (SSSR count). The number of aryl methyl sites for hydroxylation is 1. The average molecular weight is 382 g/mol. The molecule has 0 spiro atoms. The van der Waals surface area contributed by atoms with Crippen LogP contribution in [0.3, 0.4) is 0 Å². The van der Waals surface area contributed by atoms with Gasteiger partial charge in [-0.1, -0.05) is 17.7 Å². The zero-order valence-corrected chi connectivity index (χ0v) is 16.7. The Morgan fingerprint density at radius 1 is 1.27 bits per heavy atom. The molecule has 1 fully saturated rings. The number of nitrogens with zero attached hydrogens (tertiary/aromatic N) is 1. The molecule has 1 aromatic carbocycles. The highest BCUT2D eigenvalue weighted by molar-refractivity contribution is 6.33. The van der Waals surface area contributed by atoms with E-state index in [1.54, 1.807) is 0 Å². The molecule has 26 heavy (non-hydrogen) atoms. The van der Waals surface area contributed by atoms with Crippen molar-refractivity contribution in [3.8, 4) is 0 Å². The number of carbonyl (C=O) groups excluding carboxylic acids is 2. The second kappa shape index (κ2) is 8.73. The molecule has 0 radical (unpaired) electrons. The first-order chi connectivity index (χ1) is 12.1. The average Bonchev–Trinajstić information content (AvgIpc) is 2.50. The number of likely N-dealkylation sites (tertiary alicyclic amines) is 1. The zero-order chi connectivity index (χ0) is 19.3. The van der Waals surface area contributed by atoms with Crippen LogP contribution in [-0.2, 0) is 9.53 Å². The third-order valence-corrected chi connectivity index (χ3v) is 4.39. The van der Waals surface area contributed by atoms with Crippen molar-refractivity contribution in [2.24, 2.45) is 0 Å². The highest BCUT2D eigenvalue weighted by atomic mass is 35.5. The normalized spacial score (nSPS) is 16.2. The number of halogens is 1. The molecule has 1 aliphatic rings. The van der Waals surface area contributed by atoms with Crippen molar-refractivity contribution in [2.45, 2.75) is 52.2 Å². The molecule has 0 atom stereocenters. The maximum Gasteiger partial charge on any atom is 0.407 e. The van der Waals surface area contributed by atoms with Gasteiger partial charge in [0.05, 0.1) is 17.3 Å². The maximum atomic E-state index is 12.2. The van der Waals surface area contributed by atoms with Crippen molar-refractivity contribution in [1.82, 2.24) is 10.2 Å². The molecule has 7 heteroatoms. The number of ether oxygens (including phenoxy) is 1. The van der Waals surface area contributed by atoms with Gasteiger partial charge in [-0.15, -0.1) is 0 Å². The van der Waals surface area contributed by atoms with Crippen LogP contribution in [0.25, 0.3) is 0 Å². The van der Waals surface area contributed by atoms with Gasteiger partial charge in [-0.25, -0.2) is 4.79 Å². The fourth-order valence-corrected chi connectivity index (χ4v) is 3.11. The van der Waals surface area contributed by atoms with Crippen LogP contribution in [0, 0.1) is 6.92 Å². The molecule has 1 aromatic rings. The molecule has 0 aromatic heterocycles. The number of benzene rings is 1. The summed E-state index contributed by atoms with van der Waals surface area (Å²) in [6.45, 7) is 9.28. The first kappa shape index (κ1) is 20.5. The van der Waals surface area contributed by atoms with Crippen LogP contribution < -0.4 is 10.6 Å². The lowest BCUT2D eigenvalue weighted by Gasteiger charge is -2.32. The van der Waals surface area contributed by atoms with Crippen LogP contribution >= 0.6 is 11.6 Å². The van der Waals surface area contributed by atoms with E-state index < -0.39 is 5.60 Å². The SMILES string of the molecule is Cc1ccc(NC(=O)CN2CCC(NC(=O)OC(C)(C)C)CC2)c(Cl)c1. The van der Waals surface area contributed by atoms with Crippen molar-refractivity contribution in [3.63, 3.8) is 0 Å². The number of nitrogens with one attached hydrogen (secondary N) is 2. The quantitative estimate of drug-likeness (QED) is 0.836. The minimum absolute atomic E-state index is 0.0794. The fourth-order valence-electron chi connectivity index (χ4n) is 2.82. The molecule has 0 bridgehead atoms. The first-order valence-electron chi connectivity index (χ1n) is 8.90. The van der Waals surface area contributed by atoms with Crippen molar-refractivity contribution >= 4 is 29.3 Å². The number of anilines is 1. The lowest BCUT2D eigenvalue weighted by atomic mass is 10.1. The standard InChI is InChI=1S/C19H28ClN3O3/c1-13-5-6-16(15(20)11-13)22-17(24)12-23-9-7-14(8-10-23)21-18(25)26-19(2,3)4/h5-6,11,14H,7-10,12H2,1-4H3,(H,21,25)(H,22,24). The van der Waals surface area contributed by atoms with Gasteiger partial charge < -0.3 is 15.4 Å². The maximum absolute atomic E-state index is 12.2. The van der Waals surface area contributed by atoms with Crippen LogP contribution in [0.2, 0.25) is 5.02 Å². The Hall–Kier alpha value is -1.79. The zero-order valence-electron chi connectivity index (χ0n) is 15.9. The van der Waals surface area contributed by atoms with Crippen molar-refractivity contribution in [1.29, 1.82) is 0 Å². The Kier molecular flexibility index (Phi) is 6.89. The predicted octanol–water partition coefficient (Wildman–Crippen LogP) is 3.58. The summed E-state index contributed by atoms with van der Waals surface area (Å²) >= 11 is 6.15. The van der Waals surface area contributed by atoms with Gasteiger partial charge in [-0.2, -0.15) is 0 Å². The smallest absolute Gasteiger partial charge is 0.407 e. The predicted molar refractivity (Wildman–Crippen MR) is 104 cm³/mol. The Labute approximate surface area is 160 Å². The van der Waals surface area contributed by atoms with Crippen molar-refractivity contribution < 1.29 is 14.3 Å². The molecule has 2 amide bonds. The highest BCUT2D eigenvalue weighted by Gasteiger charge is 2.24. The van der Waals surface area contributed by atoms with Crippen molar-refractivity contribution in [3.05, 3.63) is 28.8 Å². The van der Waals surface area contributed by atoms with Gasteiger partial charge in [0, 0.05) is 19.1 Å². The van der Waals surface area contributed by atoms with Gasteiger partial charge in [0.2, 0.25) is 5.91 Å². The lowest BCUT2D eigenvalue weighted by molar-refractivity contribution is -0.117. The Morgan fingerprint density at radius 3 is 2.50 bits per heavy atom. The molecule has 0 saturated carbocycles. The lowest BCUT2D eigenvalue weighted by Crippen LogP contribution is -2.47. The minimum atomic E-state index is -0.500. The van der Waals surface area contributed by atoms with Gasteiger partial charge >= 0.3 is 6.09 Å². The number of alkyl carbamates (subject to hydrolysis) is 1. The Morgan fingerprint density at radius 2 is 1.92 bits per heavy atom. The molecule has 144 valence electrons. The summed E-state index contributed by atoms with van der Waals surface area (Å²) in [6, 6.07) is 5.63. The Balaban J connectivity index is 1.74. The van der Waals surface area contributed by atoms with E-state index in [1.807, 2.05) is 45.9 Å². The topological polar surface area (TPSA) is 70.7 Å². The molecular weight excluding hydrogens is 354 g/mol. The fraction of sp³-hybridized carbons (Fsp3) is 0.579. The van der Waals surface area contributed by atoms with Crippen LogP contribution in [0.1, 0.15) is 39.2 Å². The van der Waals surface area contributed by atoms with E-state index in [1.165, 1.54) is 0 Å². The van der Waals surface area contributed by atoms with Crippen LogP contribution in [-0.4, -0.2) is 48.2 Å². The number of amides is 2. The first-order valence-corrected chi connectivity index (χ1v) is 9.28. The number of carbonyl (C=O) groups is 2. The summed E-state index contributed by atoms with van der Waals surface area (Å²) in [4.78, 5) is 26.1. The monoisotopic (exact) mass is 381 g/mol.